The van der Waals surface area contributed by atoms with E-state index in [2.05, 4.69) is 10.2 Å². The molecule has 0 spiro atoms. The first kappa shape index (κ1) is 9.58. The Balaban J connectivity index is 2.41. The summed E-state index contributed by atoms with van der Waals surface area (Å²) in [5.41, 5.74) is 9.24. The molecule has 1 aromatic carbocycles. The highest BCUT2D eigenvalue weighted by atomic mass is 16.5. The lowest BCUT2D eigenvalue weighted by Crippen LogP contribution is -1.89. The van der Waals surface area contributed by atoms with E-state index in [1.807, 2.05) is 31.2 Å². The van der Waals surface area contributed by atoms with Gasteiger partial charge in [-0.2, -0.15) is 5.10 Å². The molecule has 0 aliphatic heterocycles. The molecule has 1 aromatic heterocycles. The third-order valence-corrected chi connectivity index (χ3v) is 2.36. The van der Waals surface area contributed by atoms with Gasteiger partial charge in [-0.25, -0.2) is 0 Å². The number of H-pyrrole nitrogens is 1. The molecule has 0 amide bonds. The van der Waals surface area contributed by atoms with Gasteiger partial charge in [-0.3, -0.25) is 5.10 Å². The lowest BCUT2D eigenvalue weighted by Gasteiger charge is -2.01. The summed E-state index contributed by atoms with van der Waals surface area (Å²) in [7, 11) is 1.64. The lowest BCUT2D eigenvalue weighted by molar-refractivity contribution is 0.415. The number of nitrogens with one attached hydrogen (secondary N) is 1. The molecule has 2 aromatic rings. The van der Waals surface area contributed by atoms with E-state index in [4.69, 9.17) is 10.5 Å². The van der Waals surface area contributed by atoms with Crippen molar-refractivity contribution in [2.75, 3.05) is 12.8 Å². The minimum Gasteiger partial charge on any atom is -0.497 e. The van der Waals surface area contributed by atoms with Gasteiger partial charge in [0.25, 0.3) is 0 Å². The predicted molar refractivity (Wildman–Crippen MR) is 59.7 cm³/mol. The molecule has 0 radical (unpaired) electrons. The van der Waals surface area contributed by atoms with Gasteiger partial charge in [0, 0.05) is 5.56 Å². The molecule has 0 saturated carbocycles. The third kappa shape index (κ3) is 1.66. The van der Waals surface area contributed by atoms with Gasteiger partial charge in [-0.15, -0.1) is 0 Å². The molecule has 3 N–H and O–H groups in total. The second kappa shape index (κ2) is 3.65. The molecule has 0 aliphatic carbocycles. The molecule has 2 rings (SSSR count). The molecule has 0 fully saturated rings. The predicted octanol–water partition coefficient (Wildman–Crippen LogP) is 1.98. The molecule has 4 heteroatoms. The van der Waals surface area contributed by atoms with Crippen LogP contribution in [0.4, 0.5) is 5.69 Å². The number of nitrogens with zero attached hydrogens (tertiary/aromatic N) is 1. The van der Waals surface area contributed by atoms with Crippen LogP contribution in [0.2, 0.25) is 0 Å². The number of aromatic nitrogens is 2. The first-order valence-corrected chi connectivity index (χ1v) is 4.67. The number of rotatable bonds is 2. The maximum absolute atomic E-state index is 5.88. The molecule has 0 saturated heterocycles. The smallest absolute Gasteiger partial charge is 0.118 e. The second-order valence-corrected chi connectivity index (χ2v) is 3.34. The highest BCUT2D eigenvalue weighted by Gasteiger charge is 2.08. The van der Waals surface area contributed by atoms with Crippen molar-refractivity contribution >= 4 is 5.69 Å². The Kier molecular flexibility index (Phi) is 2.33. The summed E-state index contributed by atoms with van der Waals surface area (Å²) in [6.45, 7) is 1.90. The summed E-state index contributed by atoms with van der Waals surface area (Å²) in [5.74, 6) is 0.824. The molecular formula is C11H13N3O. The number of aryl methyl sites for hydroxylation is 1. The number of anilines is 1. The van der Waals surface area contributed by atoms with Crippen LogP contribution in [-0.2, 0) is 0 Å². The zero-order chi connectivity index (χ0) is 10.8. The highest BCUT2D eigenvalue weighted by Crippen LogP contribution is 2.26. The Morgan fingerprint density at radius 1 is 1.27 bits per heavy atom. The van der Waals surface area contributed by atoms with Crippen LogP contribution in [-0.4, -0.2) is 17.3 Å². The van der Waals surface area contributed by atoms with Crippen LogP contribution in [0.25, 0.3) is 11.3 Å². The number of methoxy groups -OCH3 is 1. The maximum atomic E-state index is 5.88. The Bertz CT molecular complexity index is 459. The van der Waals surface area contributed by atoms with Gasteiger partial charge in [-0.05, 0) is 31.2 Å². The number of hydrogen-bond acceptors (Lipinski definition) is 3. The van der Waals surface area contributed by atoms with Gasteiger partial charge in [0.2, 0.25) is 0 Å². The Morgan fingerprint density at radius 2 is 1.93 bits per heavy atom. The molecule has 78 valence electrons. The Hall–Kier alpha value is -1.97. The quantitative estimate of drug-likeness (QED) is 0.784. The van der Waals surface area contributed by atoms with Crippen molar-refractivity contribution in [1.82, 2.24) is 10.2 Å². The van der Waals surface area contributed by atoms with Crippen LogP contribution < -0.4 is 10.5 Å². The SMILES string of the molecule is COc1ccc(-c2n[nH]c(C)c2N)cc1. The summed E-state index contributed by atoms with van der Waals surface area (Å²) in [6.07, 6.45) is 0. The fraction of sp³-hybridized carbons (Fsp3) is 0.182. The minimum absolute atomic E-state index is 0.695. The average Bonchev–Trinajstić information content (AvgIpc) is 2.60. The summed E-state index contributed by atoms with van der Waals surface area (Å²) in [6, 6.07) is 7.65. The third-order valence-electron chi connectivity index (χ3n) is 2.36. The van der Waals surface area contributed by atoms with E-state index in [1.165, 1.54) is 0 Å². The maximum Gasteiger partial charge on any atom is 0.118 e. The van der Waals surface area contributed by atoms with Crippen molar-refractivity contribution in [1.29, 1.82) is 0 Å². The molecule has 0 aliphatic rings. The number of benzene rings is 1. The van der Waals surface area contributed by atoms with Crippen molar-refractivity contribution in [2.24, 2.45) is 0 Å². The molecular weight excluding hydrogens is 190 g/mol. The fourth-order valence-corrected chi connectivity index (χ4v) is 1.41. The first-order chi connectivity index (χ1) is 7.22. The average molecular weight is 203 g/mol. The molecule has 15 heavy (non-hydrogen) atoms. The van der Waals surface area contributed by atoms with E-state index in [-0.39, 0.29) is 0 Å². The summed E-state index contributed by atoms with van der Waals surface area (Å²) in [5, 5.41) is 7.01. The van der Waals surface area contributed by atoms with Crippen LogP contribution >= 0.6 is 0 Å². The molecule has 0 bridgehead atoms. The van der Waals surface area contributed by atoms with Crippen molar-refractivity contribution in [3.8, 4) is 17.0 Å². The second-order valence-electron chi connectivity index (χ2n) is 3.34. The van der Waals surface area contributed by atoms with Crippen molar-refractivity contribution in [3.63, 3.8) is 0 Å². The summed E-state index contributed by atoms with van der Waals surface area (Å²) < 4.78 is 5.08. The van der Waals surface area contributed by atoms with Crippen LogP contribution in [0.5, 0.6) is 5.75 Å². The van der Waals surface area contributed by atoms with Crippen molar-refractivity contribution in [3.05, 3.63) is 30.0 Å². The van der Waals surface area contributed by atoms with E-state index in [1.54, 1.807) is 7.11 Å². The van der Waals surface area contributed by atoms with Crippen molar-refractivity contribution in [2.45, 2.75) is 6.92 Å². The zero-order valence-electron chi connectivity index (χ0n) is 8.74. The number of nitrogen functional groups attached to an aromatic ring is 1. The van der Waals surface area contributed by atoms with Gasteiger partial charge in [0.1, 0.15) is 11.4 Å². The van der Waals surface area contributed by atoms with Gasteiger partial charge in [-0.1, -0.05) is 0 Å². The van der Waals surface area contributed by atoms with Crippen molar-refractivity contribution < 1.29 is 4.74 Å². The lowest BCUT2D eigenvalue weighted by atomic mass is 10.1. The van der Waals surface area contributed by atoms with E-state index in [9.17, 15) is 0 Å². The Labute approximate surface area is 88.1 Å². The summed E-state index contributed by atoms with van der Waals surface area (Å²) in [4.78, 5) is 0. The number of ether oxygens (including phenoxy) is 1. The topological polar surface area (TPSA) is 63.9 Å². The van der Waals surface area contributed by atoms with Crippen LogP contribution in [0, 0.1) is 6.92 Å². The first-order valence-electron chi connectivity index (χ1n) is 4.67. The van der Waals surface area contributed by atoms with Crippen LogP contribution in [0.1, 0.15) is 5.69 Å². The normalized spacial score (nSPS) is 10.3. The number of aromatic amines is 1. The standard InChI is InChI=1S/C11H13N3O/c1-7-10(12)11(14-13-7)8-3-5-9(15-2)6-4-8/h3-6H,12H2,1-2H3,(H,13,14). The van der Waals surface area contributed by atoms with Gasteiger partial charge >= 0.3 is 0 Å². The minimum atomic E-state index is 0.695. The van der Waals surface area contributed by atoms with E-state index in [0.29, 0.717) is 5.69 Å². The van der Waals surface area contributed by atoms with E-state index < -0.39 is 0 Å². The fourth-order valence-electron chi connectivity index (χ4n) is 1.41. The van der Waals surface area contributed by atoms with E-state index in [0.717, 1.165) is 22.7 Å². The molecule has 1 heterocycles. The van der Waals surface area contributed by atoms with Gasteiger partial charge < -0.3 is 10.5 Å². The largest absolute Gasteiger partial charge is 0.497 e. The van der Waals surface area contributed by atoms with Gasteiger partial charge in [0.15, 0.2) is 0 Å². The molecule has 0 unspecified atom stereocenters. The molecule has 0 atom stereocenters. The van der Waals surface area contributed by atoms with Crippen LogP contribution in [0.15, 0.2) is 24.3 Å². The number of nitrogens with two attached hydrogens (primary N) is 1. The monoisotopic (exact) mass is 203 g/mol. The number of hydrogen-bond donors (Lipinski definition) is 2. The summed E-state index contributed by atoms with van der Waals surface area (Å²) >= 11 is 0. The highest BCUT2D eigenvalue weighted by molar-refractivity contribution is 5.74. The molecule has 4 nitrogen and oxygen atoms in total. The van der Waals surface area contributed by atoms with E-state index >= 15 is 0 Å². The zero-order valence-corrected chi connectivity index (χ0v) is 8.74. The van der Waals surface area contributed by atoms with Gasteiger partial charge in [0.05, 0.1) is 18.5 Å². The Morgan fingerprint density at radius 3 is 2.40 bits per heavy atom. The van der Waals surface area contributed by atoms with Crippen LogP contribution in [0.3, 0.4) is 0 Å².